The van der Waals surface area contributed by atoms with Gasteiger partial charge in [-0.15, -0.1) is 0 Å². The van der Waals surface area contributed by atoms with E-state index in [1.54, 1.807) is 24.3 Å². The topological polar surface area (TPSA) is 67.4 Å². The van der Waals surface area contributed by atoms with Crippen LogP contribution in [0.15, 0.2) is 48.5 Å². The van der Waals surface area contributed by atoms with Gasteiger partial charge in [-0.1, -0.05) is 42.5 Å². The highest BCUT2D eigenvalue weighted by molar-refractivity contribution is 5.96. The molecule has 160 valence electrons. The second kappa shape index (κ2) is 9.75. The number of rotatable bonds is 8. The SMILES string of the molecule is O=C(CCC1Cc2ccccc2NC1=O)NCc1ccc(COCC(F)(F)F)cc1. The molecule has 1 heterocycles. The van der Waals surface area contributed by atoms with Crippen molar-refractivity contribution in [3.8, 4) is 0 Å². The second-order valence-electron chi connectivity index (χ2n) is 7.29. The Balaban J connectivity index is 1.39. The van der Waals surface area contributed by atoms with Crippen molar-refractivity contribution in [3.05, 3.63) is 65.2 Å². The third kappa shape index (κ3) is 6.59. The third-order valence-electron chi connectivity index (χ3n) is 4.88. The molecule has 3 rings (SSSR count). The summed E-state index contributed by atoms with van der Waals surface area (Å²) >= 11 is 0. The van der Waals surface area contributed by atoms with Gasteiger partial charge in [-0.05, 0) is 35.6 Å². The number of hydrogen-bond acceptors (Lipinski definition) is 3. The second-order valence-corrected chi connectivity index (χ2v) is 7.29. The number of para-hydroxylation sites is 1. The standard InChI is InChI=1S/C22H23F3N2O3/c23-22(24,25)14-30-13-16-7-5-15(6-8-16)12-26-20(28)10-9-18-11-17-3-1-2-4-19(17)27-21(18)29/h1-8,18H,9-14H2,(H,26,28)(H,27,29). The summed E-state index contributed by atoms with van der Waals surface area (Å²) in [5.74, 6) is -0.453. The molecule has 1 aliphatic rings. The van der Waals surface area contributed by atoms with E-state index in [0.717, 1.165) is 16.8 Å². The van der Waals surface area contributed by atoms with Crippen LogP contribution in [0.3, 0.4) is 0 Å². The number of benzene rings is 2. The van der Waals surface area contributed by atoms with Crippen molar-refractivity contribution < 1.29 is 27.5 Å². The Morgan fingerprint density at radius 1 is 1.10 bits per heavy atom. The van der Waals surface area contributed by atoms with Crippen LogP contribution in [-0.2, 0) is 33.9 Å². The minimum absolute atomic E-state index is 0.0650. The molecular weight excluding hydrogens is 397 g/mol. The van der Waals surface area contributed by atoms with Crippen molar-refractivity contribution in [1.29, 1.82) is 0 Å². The average molecular weight is 420 g/mol. The van der Waals surface area contributed by atoms with Gasteiger partial charge in [0.2, 0.25) is 11.8 Å². The number of amides is 2. The number of hydrogen-bond donors (Lipinski definition) is 2. The first-order valence-corrected chi connectivity index (χ1v) is 9.68. The minimum atomic E-state index is -4.34. The summed E-state index contributed by atoms with van der Waals surface area (Å²) in [5.41, 5.74) is 3.35. The molecule has 0 spiro atoms. The molecule has 8 heteroatoms. The predicted molar refractivity (Wildman–Crippen MR) is 105 cm³/mol. The lowest BCUT2D eigenvalue weighted by molar-refractivity contribution is -0.176. The molecule has 1 atom stereocenters. The summed E-state index contributed by atoms with van der Waals surface area (Å²) in [4.78, 5) is 24.3. The van der Waals surface area contributed by atoms with Crippen LogP contribution in [0.2, 0.25) is 0 Å². The smallest absolute Gasteiger partial charge is 0.367 e. The summed E-state index contributed by atoms with van der Waals surface area (Å²) in [6, 6.07) is 14.4. The lowest BCUT2D eigenvalue weighted by Crippen LogP contribution is -2.31. The van der Waals surface area contributed by atoms with Gasteiger partial charge in [0.1, 0.15) is 6.61 Å². The first kappa shape index (κ1) is 21.8. The molecule has 0 saturated heterocycles. The molecule has 0 bridgehead atoms. The minimum Gasteiger partial charge on any atom is -0.367 e. The summed E-state index contributed by atoms with van der Waals surface area (Å²) in [6.45, 7) is -1.10. The highest BCUT2D eigenvalue weighted by atomic mass is 19.4. The van der Waals surface area contributed by atoms with Crippen LogP contribution in [0.25, 0.3) is 0 Å². The van der Waals surface area contributed by atoms with Gasteiger partial charge in [0.25, 0.3) is 0 Å². The molecule has 0 aromatic heterocycles. The van der Waals surface area contributed by atoms with E-state index in [9.17, 15) is 22.8 Å². The number of fused-ring (bicyclic) bond motifs is 1. The zero-order valence-corrected chi connectivity index (χ0v) is 16.3. The number of ether oxygens (including phenoxy) is 1. The molecule has 5 nitrogen and oxygen atoms in total. The Kier molecular flexibility index (Phi) is 7.10. The average Bonchev–Trinajstić information content (AvgIpc) is 2.70. The zero-order valence-electron chi connectivity index (χ0n) is 16.3. The first-order chi connectivity index (χ1) is 14.3. The number of nitrogens with one attached hydrogen (secondary N) is 2. The van der Waals surface area contributed by atoms with Gasteiger partial charge in [0, 0.05) is 24.6 Å². The quantitative estimate of drug-likeness (QED) is 0.679. The monoisotopic (exact) mass is 420 g/mol. The van der Waals surface area contributed by atoms with Crippen molar-refractivity contribution in [3.63, 3.8) is 0 Å². The zero-order chi connectivity index (χ0) is 21.6. The number of carbonyl (C=O) groups is 2. The van der Waals surface area contributed by atoms with Crippen molar-refractivity contribution in [2.75, 3.05) is 11.9 Å². The molecule has 0 saturated carbocycles. The highest BCUT2D eigenvalue weighted by Gasteiger charge is 2.27. The lowest BCUT2D eigenvalue weighted by Gasteiger charge is -2.24. The fourth-order valence-corrected chi connectivity index (χ4v) is 3.28. The third-order valence-corrected chi connectivity index (χ3v) is 4.88. The van der Waals surface area contributed by atoms with Crippen LogP contribution >= 0.6 is 0 Å². The summed E-state index contributed by atoms with van der Waals surface area (Å²) in [7, 11) is 0. The van der Waals surface area contributed by atoms with E-state index in [2.05, 4.69) is 15.4 Å². The van der Waals surface area contributed by atoms with Gasteiger partial charge in [-0.2, -0.15) is 13.2 Å². The summed E-state index contributed by atoms with van der Waals surface area (Å²) in [5, 5.41) is 5.68. The molecule has 2 aromatic carbocycles. The largest absolute Gasteiger partial charge is 0.411 e. The molecule has 2 N–H and O–H groups in total. The van der Waals surface area contributed by atoms with E-state index < -0.39 is 12.8 Å². The van der Waals surface area contributed by atoms with Gasteiger partial charge in [0.05, 0.1) is 6.61 Å². The Bertz CT molecular complexity index is 882. The van der Waals surface area contributed by atoms with Crippen LogP contribution in [0.4, 0.5) is 18.9 Å². The number of halogens is 3. The Morgan fingerprint density at radius 2 is 1.80 bits per heavy atom. The van der Waals surface area contributed by atoms with Crippen LogP contribution in [0, 0.1) is 5.92 Å². The van der Waals surface area contributed by atoms with Crippen LogP contribution in [-0.4, -0.2) is 24.6 Å². The summed E-state index contributed by atoms with van der Waals surface area (Å²) in [6.07, 6.45) is -3.02. The molecule has 2 amide bonds. The van der Waals surface area contributed by atoms with Gasteiger partial charge < -0.3 is 15.4 Å². The molecule has 0 aliphatic carbocycles. The fourth-order valence-electron chi connectivity index (χ4n) is 3.28. The van der Waals surface area contributed by atoms with E-state index in [-0.39, 0.29) is 30.8 Å². The maximum Gasteiger partial charge on any atom is 0.411 e. The van der Waals surface area contributed by atoms with E-state index >= 15 is 0 Å². The van der Waals surface area contributed by atoms with Gasteiger partial charge in [-0.3, -0.25) is 9.59 Å². The maximum atomic E-state index is 12.2. The van der Waals surface area contributed by atoms with Gasteiger partial charge in [-0.25, -0.2) is 0 Å². The van der Waals surface area contributed by atoms with Crippen molar-refractivity contribution in [2.24, 2.45) is 5.92 Å². The Morgan fingerprint density at radius 3 is 2.53 bits per heavy atom. The van der Waals surface area contributed by atoms with Crippen molar-refractivity contribution >= 4 is 17.5 Å². The van der Waals surface area contributed by atoms with Crippen LogP contribution < -0.4 is 10.6 Å². The summed E-state index contributed by atoms with van der Waals surface area (Å²) < 4.78 is 40.9. The molecule has 2 aromatic rings. The van der Waals surface area contributed by atoms with E-state index in [1.165, 1.54) is 0 Å². The predicted octanol–water partition coefficient (Wildman–Crippen LogP) is 3.97. The normalized spacial score (nSPS) is 16.0. The molecule has 0 radical (unpaired) electrons. The van der Waals surface area contributed by atoms with Gasteiger partial charge in [0.15, 0.2) is 0 Å². The van der Waals surface area contributed by atoms with E-state index in [0.29, 0.717) is 24.9 Å². The van der Waals surface area contributed by atoms with Crippen molar-refractivity contribution in [2.45, 2.75) is 38.6 Å². The lowest BCUT2D eigenvalue weighted by atomic mass is 9.89. The van der Waals surface area contributed by atoms with Crippen molar-refractivity contribution in [1.82, 2.24) is 5.32 Å². The highest BCUT2D eigenvalue weighted by Crippen LogP contribution is 2.27. The molecule has 1 unspecified atom stereocenters. The molecule has 0 fully saturated rings. The molecular formula is C22H23F3N2O3. The Hall–Kier alpha value is -2.87. The fraction of sp³-hybridized carbons (Fsp3) is 0.364. The first-order valence-electron chi connectivity index (χ1n) is 9.68. The molecule has 1 aliphatic heterocycles. The molecule has 30 heavy (non-hydrogen) atoms. The van der Waals surface area contributed by atoms with Crippen LogP contribution in [0.1, 0.15) is 29.5 Å². The van der Waals surface area contributed by atoms with E-state index in [4.69, 9.17) is 0 Å². The number of anilines is 1. The van der Waals surface area contributed by atoms with Gasteiger partial charge >= 0.3 is 6.18 Å². The number of carbonyl (C=O) groups excluding carboxylic acids is 2. The Labute approximate surface area is 172 Å². The van der Waals surface area contributed by atoms with Crippen LogP contribution in [0.5, 0.6) is 0 Å². The maximum absolute atomic E-state index is 12.2. The van der Waals surface area contributed by atoms with E-state index in [1.807, 2.05) is 24.3 Å². The number of alkyl halides is 3.